The molecule has 33 heavy (non-hydrogen) atoms. The second-order valence-electron chi connectivity index (χ2n) is 8.04. The SMILES string of the molecule is COc1c(F)cc(C(=O)N2S[C@H]3CC[C@@H]2CC[C@@H]3c2cc(C(F)F)nc3ncnn23)cc1F. The number of hydrogen-bond donors (Lipinski definition) is 0. The summed E-state index contributed by atoms with van der Waals surface area (Å²) in [5.41, 5.74) is 0.0955. The molecule has 1 aromatic carbocycles. The molecule has 174 valence electrons. The zero-order valence-corrected chi connectivity index (χ0v) is 18.2. The molecule has 0 unspecified atom stereocenters. The highest BCUT2D eigenvalue weighted by molar-refractivity contribution is 7.98. The molecule has 0 spiro atoms. The highest BCUT2D eigenvalue weighted by Gasteiger charge is 2.42. The number of fused-ring (bicyclic) bond motifs is 5. The van der Waals surface area contributed by atoms with Crippen LogP contribution in [0.15, 0.2) is 24.5 Å². The van der Waals surface area contributed by atoms with Crippen molar-refractivity contribution >= 4 is 23.6 Å². The van der Waals surface area contributed by atoms with Gasteiger partial charge in [0, 0.05) is 22.8 Å². The fourth-order valence-corrected chi connectivity index (χ4v) is 6.18. The number of benzene rings is 1. The van der Waals surface area contributed by atoms with E-state index in [1.807, 2.05) is 0 Å². The molecule has 2 aromatic heterocycles. The largest absolute Gasteiger partial charge is 0.491 e. The number of amides is 1. The van der Waals surface area contributed by atoms with Crippen LogP contribution in [0.25, 0.3) is 5.78 Å². The molecule has 3 fully saturated rings. The van der Waals surface area contributed by atoms with E-state index < -0.39 is 29.7 Å². The Labute approximate surface area is 190 Å². The van der Waals surface area contributed by atoms with Crippen LogP contribution in [0.5, 0.6) is 5.75 Å². The van der Waals surface area contributed by atoms with Gasteiger partial charge < -0.3 is 4.74 Å². The van der Waals surface area contributed by atoms with Crippen LogP contribution in [0.1, 0.15) is 59.8 Å². The normalized spacial score (nSPS) is 22.7. The van der Waals surface area contributed by atoms with Gasteiger partial charge in [0.05, 0.1) is 12.8 Å². The van der Waals surface area contributed by atoms with E-state index in [0.29, 0.717) is 25.0 Å². The molecule has 1 saturated carbocycles. The van der Waals surface area contributed by atoms with Gasteiger partial charge in [-0.1, -0.05) is 0 Å². The minimum atomic E-state index is -2.75. The molecule has 3 atom stereocenters. The van der Waals surface area contributed by atoms with Gasteiger partial charge in [0.2, 0.25) is 0 Å². The van der Waals surface area contributed by atoms with E-state index in [0.717, 1.165) is 25.7 Å². The Balaban J connectivity index is 1.47. The number of methoxy groups -OCH3 is 1. The summed E-state index contributed by atoms with van der Waals surface area (Å²) in [4.78, 5) is 21.0. The van der Waals surface area contributed by atoms with Crippen molar-refractivity contribution in [3.63, 3.8) is 0 Å². The monoisotopic (exact) mass is 481 g/mol. The number of carbonyl (C=O) groups excluding carboxylic acids is 1. The third-order valence-corrected chi connectivity index (χ3v) is 7.70. The lowest BCUT2D eigenvalue weighted by Gasteiger charge is -2.36. The Morgan fingerprint density at radius 3 is 2.58 bits per heavy atom. The fraction of sp³-hybridized carbons (Fsp3) is 0.429. The summed E-state index contributed by atoms with van der Waals surface area (Å²) >= 11 is 1.29. The van der Waals surface area contributed by atoms with Gasteiger partial charge >= 0.3 is 0 Å². The lowest BCUT2D eigenvalue weighted by atomic mass is 9.95. The maximum Gasteiger partial charge on any atom is 0.280 e. The van der Waals surface area contributed by atoms with Crippen LogP contribution in [0.4, 0.5) is 17.6 Å². The Kier molecular flexibility index (Phi) is 5.63. The second-order valence-corrected chi connectivity index (χ2v) is 9.25. The summed E-state index contributed by atoms with van der Waals surface area (Å²) in [6, 6.07) is 3.16. The average molecular weight is 481 g/mol. The number of rotatable bonds is 4. The summed E-state index contributed by atoms with van der Waals surface area (Å²) < 4.78 is 63.0. The van der Waals surface area contributed by atoms with Crippen LogP contribution in [0, 0.1) is 11.6 Å². The van der Waals surface area contributed by atoms with Gasteiger partial charge in [0.25, 0.3) is 18.1 Å². The molecular weight excluding hydrogens is 462 g/mol. The van der Waals surface area contributed by atoms with Crippen molar-refractivity contribution in [3.05, 3.63) is 53.1 Å². The number of hydrogen-bond acceptors (Lipinski definition) is 6. The maximum atomic E-state index is 14.2. The summed E-state index contributed by atoms with van der Waals surface area (Å²) in [7, 11) is 1.15. The number of alkyl halides is 2. The van der Waals surface area contributed by atoms with Gasteiger partial charge in [-0.05, 0) is 55.8 Å². The molecule has 2 bridgehead atoms. The smallest absolute Gasteiger partial charge is 0.280 e. The number of aromatic nitrogens is 4. The molecule has 6 rings (SSSR count). The van der Waals surface area contributed by atoms with E-state index in [2.05, 4.69) is 15.1 Å². The van der Waals surface area contributed by atoms with Crippen molar-refractivity contribution in [1.82, 2.24) is 23.9 Å². The van der Waals surface area contributed by atoms with E-state index in [1.165, 1.54) is 28.9 Å². The van der Waals surface area contributed by atoms with E-state index in [9.17, 15) is 22.4 Å². The minimum absolute atomic E-state index is 0.101. The Bertz CT molecular complexity index is 1200. The number of halogens is 4. The number of carbonyl (C=O) groups is 1. The molecular formula is C21H19F4N5O2S. The van der Waals surface area contributed by atoms with Crippen LogP contribution < -0.4 is 4.74 Å². The first-order valence-electron chi connectivity index (χ1n) is 10.4. The maximum absolute atomic E-state index is 14.2. The van der Waals surface area contributed by atoms with Crippen LogP contribution in [0.2, 0.25) is 0 Å². The molecule has 1 amide bonds. The standard InChI is InChI=1S/C21H19F4N5O2S/c1-32-18-13(22)6-10(7-14(18)23)20(31)30-11-2-4-12(17(33-30)5-3-11)16-8-15(19(24)25)28-21-26-9-27-29(16)21/h6-9,11-12,17,19H,2-5H2,1H3/t11-,12+,17-/m0/s1. The van der Waals surface area contributed by atoms with Gasteiger partial charge in [-0.15, -0.1) is 0 Å². The van der Waals surface area contributed by atoms with Gasteiger partial charge in [-0.2, -0.15) is 10.1 Å². The molecule has 12 heteroatoms. The van der Waals surface area contributed by atoms with E-state index in [4.69, 9.17) is 4.74 Å². The first-order valence-corrected chi connectivity index (χ1v) is 11.2. The van der Waals surface area contributed by atoms with Gasteiger partial charge in [-0.3, -0.25) is 9.10 Å². The average Bonchev–Trinajstić information content (AvgIpc) is 3.09. The van der Waals surface area contributed by atoms with Crippen molar-refractivity contribution in [2.75, 3.05) is 7.11 Å². The lowest BCUT2D eigenvalue weighted by Crippen LogP contribution is -2.39. The quantitative estimate of drug-likeness (QED) is 0.402. The van der Waals surface area contributed by atoms with E-state index >= 15 is 0 Å². The topological polar surface area (TPSA) is 72.6 Å². The molecule has 3 aromatic rings. The van der Waals surface area contributed by atoms with Crippen molar-refractivity contribution in [1.29, 1.82) is 0 Å². The minimum Gasteiger partial charge on any atom is -0.491 e. The summed E-state index contributed by atoms with van der Waals surface area (Å²) in [6.07, 6.45) is 1.23. The van der Waals surface area contributed by atoms with Gasteiger partial charge in [0.15, 0.2) is 17.4 Å². The first-order chi connectivity index (χ1) is 15.9. The molecule has 1 aliphatic carbocycles. The molecule has 0 N–H and O–H groups in total. The fourth-order valence-electron chi connectivity index (χ4n) is 4.64. The second kappa shape index (κ2) is 8.47. The molecule has 2 aliphatic heterocycles. The van der Waals surface area contributed by atoms with Crippen molar-refractivity contribution in [3.8, 4) is 5.75 Å². The van der Waals surface area contributed by atoms with Crippen molar-refractivity contribution in [2.24, 2.45) is 0 Å². The van der Waals surface area contributed by atoms with E-state index in [1.54, 1.807) is 4.31 Å². The summed E-state index contributed by atoms with van der Waals surface area (Å²) in [6.45, 7) is 0. The third kappa shape index (κ3) is 3.79. The summed E-state index contributed by atoms with van der Waals surface area (Å²) in [5.74, 6) is -3.01. The Hall–Kier alpha value is -2.89. The zero-order chi connectivity index (χ0) is 23.3. The lowest BCUT2D eigenvalue weighted by molar-refractivity contribution is 0.0820. The van der Waals surface area contributed by atoms with E-state index in [-0.39, 0.29) is 34.2 Å². The molecule has 0 radical (unpaired) electrons. The van der Waals surface area contributed by atoms with Crippen molar-refractivity contribution in [2.45, 2.75) is 49.3 Å². The Morgan fingerprint density at radius 2 is 1.88 bits per heavy atom. The Morgan fingerprint density at radius 1 is 1.15 bits per heavy atom. The molecule has 2 saturated heterocycles. The highest BCUT2D eigenvalue weighted by atomic mass is 32.2. The van der Waals surface area contributed by atoms with Crippen LogP contribution >= 0.6 is 11.9 Å². The van der Waals surface area contributed by atoms with Crippen molar-refractivity contribution < 1.29 is 27.1 Å². The molecule has 4 heterocycles. The predicted molar refractivity (Wildman–Crippen MR) is 111 cm³/mol. The molecule has 3 aliphatic rings. The van der Waals surface area contributed by atoms with Crippen LogP contribution in [-0.4, -0.2) is 48.2 Å². The van der Waals surface area contributed by atoms with Gasteiger partial charge in [0.1, 0.15) is 12.0 Å². The van der Waals surface area contributed by atoms with Crippen LogP contribution in [0.3, 0.4) is 0 Å². The zero-order valence-electron chi connectivity index (χ0n) is 17.4. The predicted octanol–water partition coefficient (Wildman–Crippen LogP) is 4.55. The summed E-state index contributed by atoms with van der Waals surface area (Å²) in [5, 5.41) is 4.05. The number of ether oxygens (including phenoxy) is 1. The highest BCUT2D eigenvalue weighted by Crippen LogP contribution is 2.48. The van der Waals surface area contributed by atoms with Crippen LogP contribution in [-0.2, 0) is 0 Å². The molecule has 7 nitrogen and oxygen atoms in total. The van der Waals surface area contributed by atoms with Gasteiger partial charge in [-0.25, -0.2) is 27.1 Å². The first kappa shape index (κ1) is 21.9. The number of nitrogens with zero attached hydrogens (tertiary/aromatic N) is 5. The third-order valence-electron chi connectivity index (χ3n) is 6.18.